The molecule has 158 valence electrons. The molecule has 1 aromatic carbocycles. The Labute approximate surface area is 176 Å². The van der Waals surface area contributed by atoms with Crippen molar-refractivity contribution in [1.29, 1.82) is 0 Å². The second-order valence-electron chi connectivity index (χ2n) is 8.09. The van der Waals surface area contributed by atoms with E-state index in [2.05, 4.69) is 48.7 Å². The molecule has 2 heterocycles. The van der Waals surface area contributed by atoms with E-state index in [1.165, 1.54) is 0 Å². The van der Waals surface area contributed by atoms with E-state index in [1.54, 1.807) is 6.33 Å². The number of amides is 1. The van der Waals surface area contributed by atoms with Crippen LogP contribution in [0.3, 0.4) is 0 Å². The van der Waals surface area contributed by atoms with Crippen LogP contribution in [0.25, 0.3) is 16.6 Å². The van der Waals surface area contributed by atoms with Crippen molar-refractivity contribution in [3.8, 4) is 0 Å². The quantitative estimate of drug-likeness (QED) is 0.733. The molecule has 4 rings (SSSR count). The summed E-state index contributed by atoms with van der Waals surface area (Å²) in [6.07, 6.45) is 8.81. The van der Waals surface area contributed by atoms with Gasteiger partial charge in [-0.05, 0) is 45.2 Å². The minimum atomic E-state index is -0.461. The number of aromatic amines is 1. The van der Waals surface area contributed by atoms with Crippen LogP contribution in [0, 0.1) is 0 Å². The van der Waals surface area contributed by atoms with Crippen LogP contribution in [0.1, 0.15) is 29.3 Å². The minimum Gasteiger partial charge on any atom is -0.373 e. The molecule has 0 fully saturated rings. The van der Waals surface area contributed by atoms with E-state index in [4.69, 9.17) is 5.73 Å². The van der Waals surface area contributed by atoms with Crippen LogP contribution in [0.4, 0.5) is 5.69 Å². The number of H-pyrrole nitrogens is 1. The highest BCUT2D eigenvalue weighted by molar-refractivity contribution is 6.12. The average molecular weight is 408 g/mol. The van der Waals surface area contributed by atoms with E-state index in [9.17, 15) is 4.79 Å². The molecule has 8 nitrogen and oxygen atoms in total. The molecule has 2 aliphatic rings. The van der Waals surface area contributed by atoms with Gasteiger partial charge in [0.25, 0.3) is 5.91 Å². The first kappa shape index (κ1) is 20.2. The number of rotatable bonds is 7. The number of carbonyl (C=O) groups is 1. The lowest BCUT2D eigenvalue weighted by Gasteiger charge is -2.27. The number of hydrogen-bond donors (Lipinski definition) is 2. The summed E-state index contributed by atoms with van der Waals surface area (Å²) < 4.78 is 0. The number of nitrogens with one attached hydrogen (secondary N) is 1. The van der Waals surface area contributed by atoms with E-state index in [0.717, 1.165) is 54.1 Å². The molecule has 0 bridgehead atoms. The van der Waals surface area contributed by atoms with Gasteiger partial charge in [-0.1, -0.05) is 6.08 Å². The number of benzene rings is 1. The maximum absolute atomic E-state index is 12.4. The van der Waals surface area contributed by atoms with Gasteiger partial charge in [0.2, 0.25) is 0 Å². The van der Waals surface area contributed by atoms with E-state index in [1.807, 2.05) is 33.5 Å². The Morgan fingerprint density at radius 2 is 2.13 bits per heavy atom. The molecule has 1 aliphatic heterocycles. The number of nitrogens with two attached hydrogens (primary N) is 1. The fourth-order valence-corrected chi connectivity index (χ4v) is 4.15. The number of likely N-dealkylation sites (N-methyl/N-ethyl adjacent to an activating group) is 3. The SMILES string of the molecule is CCN1C=NC2=CC(c3cc(N(C)CCN(C)C)c(C(N)=O)c4[nH]cnc34)=CCC21. The van der Waals surface area contributed by atoms with Gasteiger partial charge in [-0.15, -0.1) is 0 Å². The Balaban J connectivity index is 1.81. The highest BCUT2D eigenvalue weighted by Gasteiger charge is 2.28. The summed E-state index contributed by atoms with van der Waals surface area (Å²) >= 11 is 0. The molecule has 30 heavy (non-hydrogen) atoms. The summed E-state index contributed by atoms with van der Waals surface area (Å²) in [5.41, 5.74) is 11.6. The number of imidazole rings is 1. The topological polar surface area (TPSA) is 93.8 Å². The summed E-state index contributed by atoms with van der Waals surface area (Å²) in [5, 5.41) is 0. The van der Waals surface area contributed by atoms with Gasteiger partial charge in [-0.25, -0.2) is 9.98 Å². The van der Waals surface area contributed by atoms with Gasteiger partial charge >= 0.3 is 0 Å². The van der Waals surface area contributed by atoms with Gasteiger partial charge < -0.3 is 25.4 Å². The first-order chi connectivity index (χ1) is 14.4. The zero-order chi connectivity index (χ0) is 21.4. The summed E-state index contributed by atoms with van der Waals surface area (Å²) in [6, 6.07) is 2.35. The Morgan fingerprint density at radius 1 is 1.33 bits per heavy atom. The second kappa shape index (κ2) is 7.95. The second-order valence-corrected chi connectivity index (χ2v) is 8.09. The van der Waals surface area contributed by atoms with Crippen molar-refractivity contribution >= 4 is 34.5 Å². The Bertz CT molecular complexity index is 1060. The minimum absolute atomic E-state index is 0.306. The molecule has 0 spiro atoms. The maximum atomic E-state index is 12.4. The molecule has 1 aromatic heterocycles. The standard InChI is InChI=1S/C22H29N7O/c1-5-29-13-26-16-10-14(6-7-17(16)29)15-11-18(28(4)9-8-27(2)3)19(22(23)30)21-20(15)24-12-25-21/h6,10-13,17H,5,7-9H2,1-4H3,(H2,23,30)(H,24,25). The number of aromatic nitrogens is 2. The largest absolute Gasteiger partial charge is 0.373 e. The maximum Gasteiger partial charge on any atom is 0.253 e. The van der Waals surface area contributed by atoms with Gasteiger partial charge in [0.1, 0.15) is 0 Å². The smallest absolute Gasteiger partial charge is 0.253 e. The molecule has 1 unspecified atom stereocenters. The Kier molecular flexibility index (Phi) is 5.34. The number of aliphatic imine (C=N–C) groups is 1. The fraction of sp³-hybridized carbons (Fsp3) is 0.409. The number of allylic oxidation sites excluding steroid dienone is 2. The van der Waals surface area contributed by atoms with Crippen LogP contribution < -0.4 is 10.6 Å². The lowest BCUT2D eigenvalue weighted by atomic mass is 9.92. The molecule has 1 amide bonds. The van der Waals surface area contributed by atoms with Gasteiger partial charge in [-0.2, -0.15) is 0 Å². The highest BCUT2D eigenvalue weighted by atomic mass is 16.1. The summed E-state index contributed by atoms with van der Waals surface area (Å²) in [6.45, 7) is 4.71. The predicted octanol–water partition coefficient (Wildman–Crippen LogP) is 2.06. The number of carbonyl (C=O) groups excluding carboxylic acids is 1. The zero-order valence-corrected chi connectivity index (χ0v) is 18.0. The highest BCUT2D eigenvalue weighted by Crippen LogP contribution is 2.37. The third-order valence-electron chi connectivity index (χ3n) is 5.86. The van der Waals surface area contributed by atoms with Crippen molar-refractivity contribution in [2.75, 3.05) is 45.7 Å². The van der Waals surface area contributed by atoms with Crippen LogP contribution in [0.5, 0.6) is 0 Å². The lowest BCUT2D eigenvalue weighted by Crippen LogP contribution is -2.31. The summed E-state index contributed by atoms with van der Waals surface area (Å²) in [7, 11) is 6.05. The van der Waals surface area contributed by atoms with Gasteiger partial charge in [-0.3, -0.25) is 4.79 Å². The number of anilines is 1. The molecule has 0 saturated carbocycles. The normalized spacial score (nSPS) is 18.0. The molecule has 8 heteroatoms. The van der Waals surface area contributed by atoms with Crippen molar-refractivity contribution in [3.05, 3.63) is 41.4 Å². The van der Waals surface area contributed by atoms with E-state index < -0.39 is 5.91 Å². The molecule has 0 saturated heterocycles. The van der Waals surface area contributed by atoms with Crippen molar-refractivity contribution in [2.45, 2.75) is 19.4 Å². The molecule has 3 N–H and O–H groups in total. The first-order valence-electron chi connectivity index (χ1n) is 10.3. The van der Waals surface area contributed by atoms with Crippen LogP contribution >= 0.6 is 0 Å². The van der Waals surface area contributed by atoms with Crippen LogP contribution in [-0.4, -0.2) is 78.8 Å². The molecule has 1 atom stereocenters. The van der Waals surface area contributed by atoms with Gasteiger partial charge in [0.05, 0.1) is 46.7 Å². The van der Waals surface area contributed by atoms with Crippen LogP contribution in [-0.2, 0) is 0 Å². The van der Waals surface area contributed by atoms with Crippen molar-refractivity contribution < 1.29 is 4.79 Å². The van der Waals surface area contributed by atoms with E-state index >= 15 is 0 Å². The van der Waals surface area contributed by atoms with Crippen LogP contribution in [0.2, 0.25) is 0 Å². The molecule has 1 aliphatic carbocycles. The van der Waals surface area contributed by atoms with Crippen LogP contribution in [0.15, 0.2) is 35.2 Å². The lowest BCUT2D eigenvalue weighted by molar-refractivity contribution is 0.100. The Hall–Kier alpha value is -3.13. The zero-order valence-electron chi connectivity index (χ0n) is 18.0. The van der Waals surface area contributed by atoms with Crippen molar-refractivity contribution in [3.63, 3.8) is 0 Å². The molecular weight excluding hydrogens is 378 g/mol. The molecule has 0 radical (unpaired) electrons. The fourth-order valence-electron chi connectivity index (χ4n) is 4.15. The summed E-state index contributed by atoms with van der Waals surface area (Å²) in [4.78, 5) is 31.1. The third-order valence-corrected chi connectivity index (χ3v) is 5.86. The van der Waals surface area contributed by atoms with Crippen molar-refractivity contribution in [2.24, 2.45) is 10.7 Å². The molecule has 2 aromatic rings. The first-order valence-corrected chi connectivity index (χ1v) is 10.3. The Morgan fingerprint density at radius 3 is 2.83 bits per heavy atom. The van der Waals surface area contributed by atoms with E-state index in [-0.39, 0.29) is 0 Å². The third kappa shape index (κ3) is 3.47. The number of fused-ring (bicyclic) bond motifs is 2. The number of primary amides is 1. The monoisotopic (exact) mass is 407 g/mol. The summed E-state index contributed by atoms with van der Waals surface area (Å²) in [5.74, 6) is -0.461. The molecular formula is C22H29N7O. The van der Waals surface area contributed by atoms with Crippen molar-refractivity contribution in [1.82, 2.24) is 19.8 Å². The number of nitrogens with zero attached hydrogens (tertiary/aromatic N) is 5. The number of hydrogen-bond acceptors (Lipinski definition) is 6. The van der Waals surface area contributed by atoms with Gasteiger partial charge in [0.15, 0.2) is 0 Å². The van der Waals surface area contributed by atoms with Gasteiger partial charge in [0, 0.05) is 32.2 Å². The average Bonchev–Trinajstić information content (AvgIpc) is 3.36. The van der Waals surface area contributed by atoms with E-state index in [0.29, 0.717) is 17.1 Å². The predicted molar refractivity (Wildman–Crippen MR) is 122 cm³/mol.